The second-order valence-corrected chi connectivity index (χ2v) is 5.70. The number of halogens is 1. The van der Waals surface area contributed by atoms with Gasteiger partial charge in [0.2, 0.25) is 0 Å². The molecule has 3 N–H and O–H groups in total. The summed E-state index contributed by atoms with van der Waals surface area (Å²) in [4.78, 5) is 14.3. The van der Waals surface area contributed by atoms with E-state index in [1.807, 2.05) is 19.4 Å². The Morgan fingerprint density at radius 3 is 2.90 bits per heavy atom. The van der Waals surface area contributed by atoms with Gasteiger partial charge in [-0.25, -0.2) is 4.98 Å². The SMILES string of the molecule is Br.CCNC(=C[N+](=O)[O-])NCCSCc1csc(NC)n1. The molecule has 0 saturated carbocycles. The van der Waals surface area contributed by atoms with Crippen molar-refractivity contribution in [3.8, 4) is 0 Å². The topological polar surface area (TPSA) is 92.1 Å². The number of nitrogens with zero attached hydrogens (tertiary/aromatic N) is 2. The summed E-state index contributed by atoms with van der Waals surface area (Å²) in [6.45, 7) is 3.21. The average Bonchev–Trinajstić information content (AvgIpc) is 2.86. The molecule has 1 aromatic heterocycles. The molecule has 21 heavy (non-hydrogen) atoms. The molecular formula is C11H20BrN5O2S2. The van der Waals surface area contributed by atoms with Gasteiger partial charge in [0.15, 0.2) is 11.0 Å². The number of nitro groups is 1. The molecule has 0 aliphatic carbocycles. The first kappa shape index (κ1) is 20.0. The van der Waals surface area contributed by atoms with Gasteiger partial charge < -0.3 is 16.0 Å². The van der Waals surface area contributed by atoms with Crippen molar-refractivity contribution >= 4 is 45.2 Å². The van der Waals surface area contributed by atoms with E-state index in [1.165, 1.54) is 0 Å². The van der Waals surface area contributed by atoms with Crippen LogP contribution in [0.1, 0.15) is 12.6 Å². The van der Waals surface area contributed by atoms with Crippen molar-refractivity contribution in [2.24, 2.45) is 0 Å². The second-order valence-electron chi connectivity index (χ2n) is 3.73. The van der Waals surface area contributed by atoms with E-state index in [2.05, 4.69) is 20.9 Å². The number of hydrogen-bond donors (Lipinski definition) is 3. The number of nitrogens with one attached hydrogen (secondary N) is 3. The Hall–Kier alpha value is -1.00. The Morgan fingerprint density at radius 1 is 1.57 bits per heavy atom. The molecule has 0 atom stereocenters. The van der Waals surface area contributed by atoms with Crippen LogP contribution in [0.2, 0.25) is 0 Å². The van der Waals surface area contributed by atoms with Crippen LogP contribution in [-0.4, -0.2) is 35.8 Å². The summed E-state index contributed by atoms with van der Waals surface area (Å²) in [7, 11) is 1.85. The first-order chi connectivity index (χ1) is 9.65. The minimum absolute atomic E-state index is 0. The molecule has 0 saturated heterocycles. The van der Waals surface area contributed by atoms with Crippen molar-refractivity contribution in [1.82, 2.24) is 15.6 Å². The molecule has 0 radical (unpaired) electrons. The van der Waals surface area contributed by atoms with Crippen molar-refractivity contribution in [1.29, 1.82) is 0 Å². The Balaban J connectivity index is 0.00000400. The molecule has 1 heterocycles. The Kier molecular flexibility index (Phi) is 11.1. The molecule has 10 heteroatoms. The van der Waals surface area contributed by atoms with Crippen LogP contribution >= 0.6 is 40.1 Å². The van der Waals surface area contributed by atoms with Gasteiger partial charge >= 0.3 is 0 Å². The molecule has 0 aliphatic heterocycles. The molecule has 0 aliphatic rings. The van der Waals surface area contributed by atoms with Crippen LogP contribution < -0.4 is 16.0 Å². The number of thiazole rings is 1. The van der Waals surface area contributed by atoms with E-state index in [0.29, 0.717) is 18.9 Å². The summed E-state index contributed by atoms with van der Waals surface area (Å²) in [5.41, 5.74) is 1.05. The van der Waals surface area contributed by atoms with Crippen LogP contribution in [0.4, 0.5) is 5.13 Å². The van der Waals surface area contributed by atoms with Crippen LogP contribution in [0.15, 0.2) is 17.4 Å². The zero-order valence-electron chi connectivity index (χ0n) is 11.9. The number of aromatic nitrogens is 1. The third-order valence-electron chi connectivity index (χ3n) is 2.18. The molecule has 120 valence electrons. The Morgan fingerprint density at radius 2 is 2.33 bits per heavy atom. The van der Waals surface area contributed by atoms with E-state index < -0.39 is 4.92 Å². The first-order valence-corrected chi connectivity index (χ1v) is 8.22. The maximum absolute atomic E-state index is 10.4. The smallest absolute Gasteiger partial charge is 0.274 e. The lowest BCUT2D eigenvalue weighted by Gasteiger charge is -2.09. The van der Waals surface area contributed by atoms with Gasteiger partial charge in [0.1, 0.15) is 0 Å². The van der Waals surface area contributed by atoms with E-state index >= 15 is 0 Å². The molecule has 1 aromatic rings. The van der Waals surface area contributed by atoms with Crippen molar-refractivity contribution < 1.29 is 4.92 Å². The third kappa shape index (κ3) is 8.79. The monoisotopic (exact) mass is 397 g/mol. The highest BCUT2D eigenvalue weighted by Gasteiger charge is 2.02. The fourth-order valence-electron chi connectivity index (χ4n) is 1.37. The second kappa shape index (κ2) is 11.6. The fourth-order valence-corrected chi connectivity index (χ4v) is 2.90. The third-order valence-corrected chi connectivity index (χ3v) is 4.08. The standard InChI is InChI=1S/C11H19N5O2S2.BrH/c1-3-13-10(6-16(17)18)14-4-5-19-7-9-8-20-11(12-2)15-9;/h6,8,13-14H,3-5,7H2,1-2H3,(H,12,15);1H. The van der Waals surface area contributed by atoms with Crippen molar-refractivity contribution in [2.45, 2.75) is 12.7 Å². The summed E-state index contributed by atoms with van der Waals surface area (Å²) in [6, 6.07) is 0. The van der Waals surface area contributed by atoms with Crippen LogP contribution in [-0.2, 0) is 5.75 Å². The number of thioether (sulfide) groups is 1. The van der Waals surface area contributed by atoms with Crippen LogP contribution in [0.3, 0.4) is 0 Å². The molecular weight excluding hydrogens is 378 g/mol. The molecule has 7 nitrogen and oxygen atoms in total. The summed E-state index contributed by atoms with van der Waals surface area (Å²) < 4.78 is 0. The number of anilines is 1. The molecule has 0 bridgehead atoms. The zero-order chi connectivity index (χ0) is 14.8. The van der Waals surface area contributed by atoms with Crippen LogP contribution in [0.25, 0.3) is 0 Å². The number of hydrogen-bond acceptors (Lipinski definition) is 8. The highest BCUT2D eigenvalue weighted by molar-refractivity contribution is 8.93. The first-order valence-electron chi connectivity index (χ1n) is 6.18. The van der Waals surface area contributed by atoms with E-state index in [-0.39, 0.29) is 17.0 Å². The average molecular weight is 398 g/mol. The summed E-state index contributed by atoms with van der Waals surface area (Å²) in [5, 5.41) is 22.3. The fraction of sp³-hybridized carbons (Fsp3) is 0.545. The lowest BCUT2D eigenvalue weighted by molar-refractivity contribution is -0.404. The van der Waals surface area contributed by atoms with E-state index in [4.69, 9.17) is 0 Å². The van der Waals surface area contributed by atoms with Gasteiger partial charge in [0.25, 0.3) is 6.20 Å². The van der Waals surface area contributed by atoms with Gasteiger partial charge in [-0.05, 0) is 6.92 Å². The van der Waals surface area contributed by atoms with Crippen molar-refractivity contribution in [3.05, 3.63) is 33.2 Å². The van der Waals surface area contributed by atoms with Gasteiger partial charge in [0, 0.05) is 37.0 Å². The maximum Gasteiger partial charge on any atom is 0.274 e. The van der Waals surface area contributed by atoms with Crippen LogP contribution in [0.5, 0.6) is 0 Å². The van der Waals surface area contributed by atoms with Crippen molar-refractivity contribution in [3.63, 3.8) is 0 Å². The summed E-state index contributed by atoms with van der Waals surface area (Å²) in [6.07, 6.45) is 0.952. The van der Waals surface area contributed by atoms with Crippen LogP contribution in [0, 0.1) is 10.1 Å². The van der Waals surface area contributed by atoms with E-state index in [0.717, 1.165) is 28.5 Å². The van der Waals surface area contributed by atoms with E-state index in [9.17, 15) is 10.1 Å². The molecule has 0 unspecified atom stereocenters. The van der Waals surface area contributed by atoms with Gasteiger partial charge in [0.05, 0.1) is 10.6 Å². The predicted molar refractivity (Wildman–Crippen MR) is 94.9 cm³/mol. The minimum atomic E-state index is -0.466. The quantitative estimate of drug-likeness (QED) is 0.316. The molecule has 0 amide bonds. The Labute approximate surface area is 142 Å². The lowest BCUT2D eigenvalue weighted by Crippen LogP contribution is -2.28. The van der Waals surface area contributed by atoms with Crippen molar-refractivity contribution in [2.75, 3.05) is 31.2 Å². The molecule has 1 rings (SSSR count). The summed E-state index contributed by atoms with van der Waals surface area (Å²) >= 11 is 3.32. The van der Waals surface area contributed by atoms with Gasteiger partial charge in [-0.2, -0.15) is 11.8 Å². The van der Waals surface area contributed by atoms with Gasteiger partial charge in [-0.1, -0.05) is 0 Å². The highest BCUT2D eigenvalue weighted by atomic mass is 79.9. The molecule has 0 aromatic carbocycles. The number of rotatable bonds is 10. The molecule has 0 spiro atoms. The minimum Gasteiger partial charge on any atom is -0.367 e. The lowest BCUT2D eigenvalue weighted by atomic mass is 10.6. The summed E-state index contributed by atoms with van der Waals surface area (Å²) in [5.74, 6) is 2.14. The Bertz CT molecular complexity index is 456. The largest absolute Gasteiger partial charge is 0.367 e. The normalized spacial score (nSPS) is 10.7. The molecule has 0 fully saturated rings. The van der Waals surface area contributed by atoms with Gasteiger partial charge in [-0.3, -0.25) is 10.1 Å². The van der Waals surface area contributed by atoms with E-state index in [1.54, 1.807) is 23.1 Å². The van der Waals surface area contributed by atoms with Gasteiger partial charge in [-0.15, -0.1) is 28.3 Å². The zero-order valence-corrected chi connectivity index (χ0v) is 15.3. The maximum atomic E-state index is 10.4. The highest BCUT2D eigenvalue weighted by Crippen LogP contribution is 2.18. The predicted octanol–water partition coefficient (Wildman–Crippen LogP) is 2.27.